The molecule has 1 saturated heterocycles. The third-order valence-corrected chi connectivity index (χ3v) is 7.73. The Morgan fingerprint density at radius 1 is 1.15 bits per heavy atom. The monoisotopic (exact) mass is 579 g/mol. The first kappa shape index (κ1) is 27.5. The van der Waals surface area contributed by atoms with E-state index in [1.165, 1.54) is 36.6 Å². The number of hydrogen-bond donors (Lipinski definition) is 3. The number of aliphatic hydroxyl groups excluding tert-OH is 2. The second-order valence-electron chi connectivity index (χ2n) is 8.78. The van der Waals surface area contributed by atoms with Gasteiger partial charge in [-0.2, -0.15) is 0 Å². The zero-order chi connectivity index (χ0) is 28.0. The van der Waals surface area contributed by atoms with Gasteiger partial charge in [-0.15, -0.1) is 17.7 Å². The number of hydrogen-bond acceptors (Lipinski definition) is 9. The number of nitrogens with zero attached hydrogens (tertiary/aromatic N) is 5. The van der Waals surface area contributed by atoms with E-state index in [0.29, 0.717) is 0 Å². The fourth-order valence-corrected chi connectivity index (χ4v) is 6.02. The van der Waals surface area contributed by atoms with Crippen molar-refractivity contribution in [3.05, 3.63) is 96.0 Å². The lowest BCUT2D eigenvalue weighted by Gasteiger charge is -2.59. The first-order chi connectivity index (χ1) is 18.7. The first-order valence-electron chi connectivity index (χ1n) is 11.4. The fraction of sp³-hybridized carbons (Fsp3) is 0.280. The maximum absolute atomic E-state index is 14.1. The molecule has 1 aromatic carbocycles. The Kier molecular flexibility index (Phi) is 7.16. The minimum atomic E-state index is -2.15. The van der Waals surface area contributed by atoms with Gasteiger partial charge in [-0.25, -0.2) is 17.9 Å². The van der Waals surface area contributed by atoms with E-state index in [0.717, 1.165) is 12.1 Å². The largest absolute Gasteiger partial charge is 0.392 e. The Labute approximate surface area is 230 Å². The van der Waals surface area contributed by atoms with Crippen molar-refractivity contribution in [2.75, 3.05) is 13.7 Å². The van der Waals surface area contributed by atoms with Crippen LogP contribution in [-0.2, 0) is 20.6 Å². The molecule has 9 nitrogen and oxygen atoms in total. The summed E-state index contributed by atoms with van der Waals surface area (Å²) in [7, 11) is 1.34. The third-order valence-electron chi connectivity index (χ3n) is 6.84. The first-order valence-corrected chi connectivity index (χ1v) is 12.3. The number of aromatic nitrogens is 5. The number of methoxy groups -OCH3 is 1. The van der Waals surface area contributed by atoms with Gasteiger partial charge in [0.1, 0.15) is 17.2 Å². The highest BCUT2D eigenvalue weighted by atomic mass is 35.5. The van der Waals surface area contributed by atoms with Crippen molar-refractivity contribution in [2.45, 2.75) is 27.7 Å². The molecule has 5 atom stereocenters. The summed E-state index contributed by atoms with van der Waals surface area (Å²) >= 11 is 11.3. The van der Waals surface area contributed by atoms with Gasteiger partial charge in [0.15, 0.2) is 33.7 Å². The Bertz CT molecular complexity index is 1470. The van der Waals surface area contributed by atoms with Crippen molar-refractivity contribution in [3.63, 3.8) is 0 Å². The molecule has 39 heavy (non-hydrogen) atoms. The van der Waals surface area contributed by atoms with Gasteiger partial charge in [0.25, 0.3) is 0 Å². The van der Waals surface area contributed by atoms with Gasteiger partial charge >= 0.3 is 0 Å². The molecule has 0 spiro atoms. The van der Waals surface area contributed by atoms with Crippen molar-refractivity contribution < 1.29 is 32.9 Å². The molecule has 204 valence electrons. The molecule has 4 heterocycles. The van der Waals surface area contributed by atoms with E-state index in [9.17, 15) is 23.4 Å². The van der Waals surface area contributed by atoms with Crippen molar-refractivity contribution in [1.82, 2.24) is 25.0 Å². The molecule has 0 radical (unpaired) electrons. The van der Waals surface area contributed by atoms with Crippen LogP contribution in [0, 0.1) is 17.5 Å². The number of alkyl halides is 1. The highest BCUT2D eigenvalue weighted by Crippen LogP contribution is 2.58. The molecule has 2 unspecified atom stereocenters. The third kappa shape index (κ3) is 3.95. The number of aliphatic hydroxyl groups is 2. The smallest absolute Gasteiger partial charge is 0.194 e. The topological polar surface area (TPSA) is 115 Å². The summed E-state index contributed by atoms with van der Waals surface area (Å²) in [5.41, 5.74) is -4.84. The zero-order valence-corrected chi connectivity index (χ0v) is 21.8. The maximum Gasteiger partial charge on any atom is 0.194 e. The predicted molar refractivity (Wildman–Crippen MR) is 135 cm³/mol. The molecule has 0 bridgehead atoms. The highest BCUT2D eigenvalue weighted by Gasteiger charge is 2.73. The molecule has 4 aromatic rings. The van der Waals surface area contributed by atoms with E-state index in [1.807, 2.05) is 0 Å². The van der Waals surface area contributed by atoms with Gasteiger partial charge in [-0.05, 0) is 30.3 Å². The molecule has 2 N–H and O–H groups in total. The Morgan fingerprint density at radius 3 is 2.49 bits per heavy atom. The quantitative estimate of drug-likeness (QED) is 0.181. The van der Waals surface area contributed by atoms with Crippen molar-refractivity contribution >= 4 is 24.2 Å². The Hall–Kier alpha value is -3.07. The van der Waals surface area contributed by atoms with Crippen molar-refractivity contribution in [1.29, 1.82) is 0 Å². The van der Waals surface area contributed by atoms with Crippen LogP contribution in [0.3, 0.4) is 0 Å². The van der Waals surface area contributed by atoms with E-state index < -0.39 is 51.8 Å². The maximum atomic E-state index is 14.1. The number of thiol groups is 1. The normalized spacial score (nSPS) is 28.9. The average molecular weight is 580 g/mol. The molecule has 14 heteroatoms. The summed E-state index contributed by atoms with van der Waals surface area (Å²) in [4.78, 5) is 8.65. The van der Waals surface area contributed by atoms with Crippen LogP contribution >= 0.6 is 24.2 Å². The van der Waals surface area contributed by atoms with Crippen molar-refractivity contribution in [3.8, 4) is 11.3 Å². The van der Waals surface area contributed by atoms with Gasteiger partial charge in [-0.3, -0.25) is 9.97 Å². The van der Waals surface area contributed by atoms with Crippen LogP contribution in [-0.4, -0.2) is 65.5 Å². The number of pyridine rings is 2. The van der Waals surface area contributed by atoms with E-state index in [-0.39, 0.29) is 22.5 Å². The van der Waals surface area contributed by atoms with Gasteiger partial charge < -0.3 is 19.7 Å². The highest BCUT2D eigenvalue weighted by molar-refractivity contribution is 7.80. The zero-order valence-electron chi connectivity index (χ0n) is 20.1. The van der Waals surface area contributed by atoms with Crippen LogP contribution in [0.25, 0.3) is 11.3 Å². The van der Waals surface area contributed by atoms with Crippen LogP contribution in [0.5, 0.6) is 0 Å². The summed E-state index contributed by atoms with van der Waals surface area (Å²) in [6.07, 6.45) is 3.80. The summed E-state index contributed by atoms with van der Waals surface area (Å²) in [5, 5.41) is 28.4. The summed E-state index contributed by atoms with van der Waals surface area (Å²) in [6, 6.07) is 9.65. The molecule has 1 aliphatic rings. The van der Waals surface area contributed by atoms with E-state index in [1.54, 1.807) is 30.3 Å². The second kappa shape index (κ2) is 10.2. The molecule has 0 amide bonds. The predicted octanol–water partition coefficient (Wildman–Crippen LogP) is 3.01. The molecule has 3 aromatic heterocycles. The van der Waals surface area contributed by atoms with Gasteiger partial charge in [0.05, 0.1) is 18.5 Å². The summed E-state index contributed by atoms with van der Waals surface area (Å²) in [5.74, 6) is -4.50. The number of ether oxygens (including phenoxy) is 2. The molecule has 5 rings (SSSR count). The minimum absolute atomic E-state index is 0.0827. The van der Waals surface area contributed by atoms with Gasteiger partial charge in [-0.1, -0.05) is 28.9 Å². The molecular formula is C25H21ClF3N5O4S. The molecule has 0 aliphatic carbocycles. The fourth-order valence-electron chi connectivity index (χ4n) is 5.09. The van der Waals surface area contributed by atoms with Gasteiger partial charge in [0.2, 0.25) is 0 Å². The van der Waals surface area contributed by atoms with E-state index >= 15 is 0 Å². The van der Waals surface area contributed by atoms with Gasteiger partial charge in [0, 0.05) is 36.8 Å². The second-order valence-corrected chi connectivity index (χ2v) is 9.89. The number of benzene rings is 1. The lowest BCUT2D eigenvalue weighted by molar-refractivity contribution is -0.284. The SMILES string of the molecule is COC1(c2ccccn2)[C@H](S)OC(Cl)(CO)[C@@H](O)[C@@]1(c1cccnc1)n1cc(-c2cc(F)c(F)c(F)c2)nn1. The average Bonchev–Trinajstić information content (AvgIpc) is 3.45. The van der Waals surface area contributed by atoms with Crippen molar-refractivity contribution in [2.24, 2.45) is 0 Å². The van der Waals surface area contributed by atoms with E-state index in [2.05, 4.69) is 32.9 Å². The van der Waals surface area contributed by atoms with Crippen LogP contribution < -0.4 is 0 Å². The molecule has 1 aliphatic heterocycles. The lowest BCUT2D eigenvalue weighted by atomic mass is 9.66. The number of rotatable bonds is 6. The molecule has 0 saturated carbocycles. The summed E-state index contributed by atoms with van der Waals surface area (Å²) < 4.78 is 54.9. The van der Waals surface area contributed by atoms with Crippen LogP contribution in [0.15, 0.2) is 67.3 Å². The standard InChI is InChI=1S/C25H21ClF3N5O4S/c1-37-25(19-6-2-3-8-31-19)22(39)38-23(26,13-35)21(36)24(25,15-5-4-7-30-11-15)34-12-18(32-33-34)14-9-16(27)20(29)17(28)10-14/h2-12,21-22,35-36,39H,13H2,1H3/t21-,22+,23?,24-,25?/m1/s1. The Balaban J connectivity index is 1.88. The van der Waals surface area contributed by atoms with Crippen LogP contribution in [0.2, 0.25) is 0 Å². The summed E-state index contributed by atoms with van der Waals surface area (Å²) in [6.45, 7) is -0.868. The van der Waals surface area contributed by atoms with E-state index in [4.69, 9.17) is 21.1 Å². The minimum Gasteiger partial charge on any atom is -0.392 e. The Morgan fingerprint density at radius 2 is 1.90 bits per heavy atom. The lowest BCUT2D eigenvalue weighted by Crippen LogP contribution is -2.75. The molecule has 1 fully saturated rings. The molecular weight excluding hydrogens is 559 g/mol. The number of halogens is 4. The van der Waals surface area contributed by atoms with Crippen LogP contribution in [0.4, 0.5) is 13.2 Å². The van der Waals surface area contributed by atoms with Crippen LogP contribution in [0.1, 0.15) is 11.3 Å².